The molecule has 1 aliphatic carbocycles. The maximum Gasteiger partial charge on any atom is 0.334 e. The standard InChI is InChI=1S/C26H36N6O4S/c1-4-22-27-23(18-9-7-8-10-18)25-28-24(29-26(33)32(22)25)20-17-19(11-12-21(20)36-6-3)37(34,35)31-15-13-30(5-2)14-16-31/h11-12,17-18H,4-10,13-16H2,1-3H3,(H,28,29,33). The second kappa shape index (κ2) is 10.5. The number of aryl methyl sites for hydroxylation is 1. The Morgan fingerprint density at radius 1 is 1.05 bits per heavy atom. The third kappa shape index (κ3) is 4.80. The van der Waals surface area contributed by atoms with Crippen molar-refractivity contribution in [1.82, 2.24) is 28.6 Å². The van der Waals surface area contributed by atoms with Gasteiger partial charge in [-0.3, -0.25) is 4.98 Å². The van der Waals surface area contributed by atoms with Gasteiger partial charge in [-0.25, -0.2) is 27.6 Å². The zero-order chi connectivity index (χ0) is 26.2. The summed E-state index contributed by atoms with van der Waals surface area (Å²) in [6.45, 7) is 9.51. The molecule has 0 spiro atoms. The molecule has 1 saturated carbocycles. The van der Waals surface area contributed by atoms with E-state index in [0.29, 0.717) is 62.0 Å². The first-order valence-electron chi connectivity index (χ1n) is 13.4. The average Bonchev–Trinajstić information content (AvgIpc) is 3.57. The fourth-order valence-corrected chi connectivity index (χ4v) is 6.95. The predicted octanol–water partition coefficient (Wildman–Crippen LogP) is 3.03. The number of sulfonamides is 1. The van der Waals surface area contributed by atoms with Gasteiger partial charge in [-0.2, -0.15) is 4.31 Å². The lowest BCUT2D eigenvalue weighted by Crippen LogP contribution is -2.48. The molecule has 1 aliphatic heterocycles. The van der Waals surface area contributed by atoms with Crippen LogP contribution in [0.1, 0.15) is 63.9 Å². The quantitative estimate of drug-likeness (QED) is 0.478. The molecule has 0 atom stereocenters. The van der Waals surface area contributed by atoms with Crippen LogP contribution in [0.2, 0.25) is 0 Å². The summed E-state index contributed by atoms with van der Waals surface area (Å²) in [4.78, 5) is 28.3. The lowest BCUT2D eigenvalue weighted by atomic mass is 10.0. The Morgan fingerprint density at radius 2 is 1.78 bits per heavy atom. The van der Waals surface area contributed by atoms with Gasteiger partial charge in [0.1, 0.15) is 17.4 Å². The van der Waals surface area contributed by atoms with Crippen molar-refractivity contribution < 1.29 is 13.2 Å². The van der Waals surface area contributed by atoms with E-state index in [9.17, 15) is 13.2 Å². The Labute approximate surface area is 217 Å². The number of nitrogens with one attached hydrogen (secondary N) is 1. The van der Waals surface area contributed by atoms with E-state index in [0.717, 1.165) is 37.9 Å². The van der Waals surface area contributed by atoms with E-state index in [1.54, 1.807) is 22.6 Å². The Kier molecular flexibility index (Phi) is 7.37. The first kappa shape index (κ1) is 25.9. The largest absolute Gasteiger partial charge is 0.493 e. The summed E-state index contributed by atoms with van der Waals surface area (Å²) in [6, 6.07) is 4.81. The Hall–Kier alpha value is -2.76. The second-order valence-corrected chi connectivity index (χ2v) is 11.7. The number of hydrogen-bond acceptors (Lipinski definition) is 7. The Balaban J connectivity index is 1.61. The van der Waals surface area contributed by atoms with Gasteiger partial charge >= 0.3 is 5.69 Å². The summed E-state index contributed by atoms with van der Waals surface area (Å²) in [7, 11) is -3.72. The summed E-state index contributed by atoms with van der Waals surface area (Å²) >= 11 is 0. The van der Waals surface area contributed by atoms with Crippen molar-refractivity contribution in [2.24, 2.45) is 0 Å². The lowest BCUT2D eigenvalue weighted by Gasteiger charge is -2.33. The summed E-state index contributed by atoms with van der Waals surface area (Å²) in [6.07, 6.45) is 4.96. The maximum absolute atomic E-state index is 13.5. The van der Waals surface area contributed by atoms with Crippen LogP contribution in [0.5, 0.6) is 5.75 Å². The van der Waals surface area contributed by atoms with Gasteiger partial charge in [-0.05, 0) is 44.5 Å². The fraction of sp³-hybridized carbons (Fsp3) is 0.577. The van der Waals surface area contributed by atoms with Crippen LogP contribution in [0, 0.1) is 0 Å². The van der Waals surface area contributed by atoms with E-state index in [-0.39, 0.29) is 22.3 Å². The molecule has 1 aromatic carbocycles. The number of nitrogens with zero attached hydrogens (tertiary/aromatic N) is 5. The topological polar surface area (TPSA) is 113 Å². The van der Waals surface area contributed by atoms with Gasteiger partial charge < -0.3 is 9.64 Å². The first-order chi connectivity index (χ1) is 17.9. The van der Waals surface area contributed by atoms with E-state index < -0.39 is 10.0 Å². The van der Waals surface area contributed by atoms with Gasteiger partial charge in [0.2, 0.25) is 10.0 Å². The molecule has 2 aromatic heterocycles. The molecule has 0 unspecified atom stereocenters. The minimum Gasteiger partial charge on any atom is -0.493 e. The number of aromatic nitrogens is 4. The van der Waals surface area contributed by atoms with Crippen molar-refractivity contribution >= 4 is 15.7 Å². The first-order valence-corrected chi connectivity index (χ1v) is 14.8. The number of benzene rings is 1. The molecule has 1 N–H and O–H groups in total. The molecule has 0 amide bonds. The summed E-state index contributed by atoms with van der Waals surface area (Å²) in [5.74, 6) is 1.72. The highest BCUT2D eigenvalue weighted by atomic mass is 32.2. The lowest BCUT2D eigenvalue weighted by molar-refractivity contribution is 0.196. The van der Waals surface area contributed by atoms with E-state index in [2.05, 4.69) is 16.8 Å². The number of piperazine rings is 1. The van der Waals surface area contributed by atoms with Crippen molar-refractivity contribution in [3.63, 3.8) is 0 Å². The fourth-order valence-electron chi connectivity index (χ4n) is 5.50. The molecule has 2 fully saturated rings. The van der Waals surface area contributed by atoms with Crippen LogP contribution in [0.25, 0.3) is 17.0 Å². The molecule has 0 radical (unpaired) electrons. The molecule has 11 heteroatoms. The molecule has 37 heavy (non-hydrogen) atoms. The van der Waals surface area contributed by atoms with E-state index in [4.69, 9.17) is 14.7 Å². The smallest absolute Gasteiger partial charge is 0.334 e. The van der Waals surface area contributed by atoms with Crippen LogP contribution < -0.4 is 10.4 Å². The van der Waals surface area contributed by atoms with Crippen LogP contribution in [0.4, 0.5) is 0 Å². The average molecular weight is 529 g/mol. The molecule has 3 heterocycles. The highest BCUT2D eigenvalue weighted by Gasteiger charge is 2.30. The molecule has 3 aromatic rings. The second-order valence-electron chi connectivity index (χ2n) is 9.73. The zero-order valence-corrected chi connectivity index (χ0v) is 22.7. The summed E-state index contributed by atoms with van der Waals surface area (Å²) in [5.41, 5.74) is 1.53. The number of fused-ring (bicyclic) bond motifs is 1. The molecule has 2 aliphatic rings. The van der Waals surface area contributed by atoms with Gasteiger partial charge in [0.15, 0.2) is 5.65 Å². The molecule has 200 valence electrons. The van der Waals surface area contributed by atoms with Crippen LogP contribution in [0.3, 0.4) is 0 Å². The van der Waals surface area contributed by atoms with Gasteiger partial charge in [-0.15, -0.1) is 0 Å². The highest BCUT2D eigenvalue weighted by molar-refractivity contribution is 7.89. The molecular weight excluding hydrogens is 492 g/mol. The highest BCUT2D eigenvalue weighted by Crippen LogP contribution is 2.36. The minimum absolute atomic E-state index is 0.164. The van der Waals surface area contributed by atoms with Crippen LogP contribution >= 0.6 is 0 Å². The number of hydrogen-bond donors (Lipinski definition) is 1. The van der Waals surface area contributed by atoms with E-state index in [1.165, 1.54) is 4.31 Å². The van der Waals surface area contributed by atoms with Crippen molar-refractivity contribution in [2.45, 2.75) is 63.7 Å². The van der Waals surface area contributed by atoms with Crippen LogP contribution in [0.15, 0.2) is 27.9 Å². The molecular formula is C26H36N6O4S. The number of aromatic amines is 1. The number of imidazole rings is 1. The predicted molar refractivity (Wildman–Crippen MR) is 142 cm³/mol. The van der Waals surface area contributed by atoms with Crippen molar-refractivity contribution in [3.8, 4) is 17.1 Å². The number of ether oxygens (including phenoxy) is 1. The summed E-state index contributed by atoms with van der Waals surface area (Å²) in [5, 5.41) is 0. The molecule has 10 nitrogen and oxygen atoms in total. The monoisotopic (exact) mass is 528 g/mol. The van der Waals surface area contributed by atoms with Crippen LogP contribution in [-0.2, 0) is 16.4 Å². The SMILES string of the molecule is CCOc1ccc(S(=O)(=O)N2CCN(CC)CC2)cc1-c1nc2c(C3CCCC3)nc(CC)n2c(=O)[nH]1. The van der Waals surface area contributed by atoms with Crippen LogP contribution in [-0.4, -0.2) is 76.3 Å². The molecule has 5 rings (SSSR count). The van der Waals surface area contributed by atoms with Gasteiger partial charge in [-0.1, -0.05) is 26.7 Å². The van der Waals surface area contributed by atoms with Gasteiger partial charge in [0.05, 0.1) is 22.8 Å². The normalized spacial score (nSPS) is 18.1. The maximum atomic E-state index is 13.5. The number of H-pyrrole nitrogens is 1. The van der Waals surface area contributed by atoms with Crippen molar-refractivity contribution in [1.29, 1.82) is 0 Å². The van der Waals surface area contributed by atoms with Crippen molar-refractivity contribution in [3.05, 3.63) is 40.2 Å². The van der Waals surface area contributed by atoms with Crippen molar-refractivity contribution in [2.75, 3.05) is 39.3 Å². The van der Waals surface area contributed by atoms with E-state index in [1.807, 2.05) is 13.8 Å². The Morgan fingerprint density at radius 3 is 2.43 bits per heavy atom. The Bertz CT molecular complexity index is 1430. The number of likely N-dealkylation sites (N-methyl/N-ethyl adjacent to an activating group) is 1. The molecule has 1 saturated heterocycles. The van der Waals surface area contributed by atoms with Gasteiger partial charge in [0.25, 0.3) is 0 Å². The van der Waals surface area contributed by atoms with Gasteiger partial charge in [0, 0.05) is 38.5 Å². The minimum atomic E-state index is -3.72. The van der Waals surface area contributed by atoms with E-state index >= 15 is 0 Å². The zero-order valence-electron chi connectivity index (χ0n) is 21.9. The summed E-state index contributed by atoms with van der Waals surface area (Å²) < 4.78 is 36.0. The number of rotatable bonds is 8. The third-order valence-corrected chi connectivity index (χ3v) is 9.47. The third-order valence-electron chi connectivity index (χ3n) is 7.57. The molecule has 0 bridgehead atoms.